The normalized spacial score (nSPS) is 16.3. The predicted octanol–water partition coefficient (Wildman–Crippen LogP) is 7.20. The smallest absolute Gasteiger partial charge is 0.0461 e. The number of hydrogen-bond donors (Lipinski definition) is 1. The molecule has 1 unspecified atom stereocenters. The van der Waals surface area contributed by atoms with Crippen LogP contribution in [0.25, 0.3) is 16.5 Å². The maximum absolute atomic E-state index is 3.47. The van der Waals surface area contributed by atoms with Gasteiger partial charge in [0, 0.05) is 55.2 Å². The fourth-order valence-electron chi connectivity index (χ4n) is 4.00. The highest BCUT2D eigenvalue weighted by atomic mass is 127. The fraction of sp³-hybridized carbons (Fsp3) is 0.333. The van der Waals surface area contributed by atoms with E-state index < -0.39 is 0 Å². The average molecular weight is 502 g/mol. The van der Waals surface area contributed by atoms with Gasteiger partial charge in [0.15, 0.2) is 0 Å². The zero-order valence-corrected chi connectivity index (χ0v) is 19.5. The minimum absolute atomic E-state index is 0.683. The second kappa shape index (κ2) is 9.06. The summed E-state index contributed by atoms with van der Waals surface area (Å²) in [4.78, 5) is 8.67. The lowest BCUT2D eigenvalue weighted by atomic mass is 9.98. The Bertz CT molecular complexity index is 974. The first-order chi connectivity index (χ1) is 13.6. The average Bonchev–Trinajstić information content (AvgIpc) is 3.13. The Morgan fingerprint density at radius 3 is 2.64 bits per heavy atom. The van der Waals surface area contributed by atoms with Gasteiger partial charge < -0.3 is 4.98 Å². The monoisotopic (exact) mass is 502 g/mol. The topological polar surface area (TPSA) is 19.0 Å². The number of fused-ring (bicyclic) bond motifs is 1. The van der Waals surface area contributed by atoms with Gasteiger partial charge in [-0.2, -0.15) is 0 Å². The first-order valence-corrected chi connectivity index (χ1v) is 12.0. The number of aromatic nitrogens is 1. The summed E-state index contributed by atoms with van der Waals surface area (Å²) < 4.78 is 1.27. The van der Waals surface area contributed by atoms with Crippen LogP contribution in [0.15, 0.2) is 64.5 Å². The van der Waals surface area contributed by atoms with Gasteiger partial charge in [-0.25, -0.2) is 0 Å². The number of nitrogens with one attached hydrogen (secondary N) is 1. The Hall–Kier alpha value is -1.24. The van der Waals surface area contributed by atoms with Gasteiger partial charge in [0.2, 0.25) is 0 Å². The minimum Gasteiger partial charge on any atom is -0.361 e. The quantitative estimate of drug-likeness (QED) is 0.360. The summed E-state index contributed by atoms with van der Waals surface area (Å²) in [5.41, 5.74) is 4.09. The first-order valence-electron chi connectivity index (χ1n) is 10.1. The molecule has 1 atom stereocenters. The summed E-state index contributed by atoms with van der Waals surface area (Å²) >= 11 is 4.19. The second-order valence-corrected chi connectivity index (χ2v) is 9.97. The first kappa shape index (κ1) is 20.0. The molecule has 0 aliphatic carbocycles. The van der Waals surface area contributed by atoms with Crippen molar-refractivity contribution in [2.75, 3.05) is 13.1 Å². The molecule has 1 aromatic heterocycles. The highest BCUT2D eigenvalue weighted by Crippen LogP contribution is 2.35. The standard InChI is InChI=1S/C24H27IN2S/c1-3-4-17(2)27-13-11-18(12-14-27)23-16-26-24-10-9-21(15-22(23)24)28-20-7-5-19(25)6-8-20/h5-11,15-17,26H,3-4,12-14H2,1-2H3. The number of H-pyrrole nitrogens is 1. The SMILES string of the molecule is CCCC(C)N1CC=C(c2c[nH]c3ccc(Sc4ccc(I)cc4)cc23)CC1. The van der Waals surface area contributed by atoms with Gasteiger partial charge in [-0.3, -0.25) is 4.90 Å². The van der Waals surface area contributed by atoms with Crippen LogP contribution in [0.2, 0.25) is 0 Å². The zero-order chi connectivity index (χ0) is 19.5. The van der Waals surface area contributed by atoms with Crippen LogP contribution in [-0.4, -0.2) is 29.0 Å². The van der Waals surface area contributed by atoms with Gasteiger partial charge in [-0.15, -0.1) is 0 Å². The van der Waals surface area contributed by atoms with Gasteiger partial charge >= 0.3 is 0 Å². The molecule has 0 bridgehead atoms. The number of nitrogens with zero attached hydrogens (tertiary/aromatic N) is 1. The Morgan fingerprint density at radius 1 is 1.14 bits per heavy atom. The van der Waals surface area contributed by atoms with Crippen LogP contribution in [0.5, 0.6) is 0 Å². The third-order valence-corrected chi connectivity index (χ3v) is 7.34. The molecule has 2 heterocycles. The largest absolute Gasteiger partial charge is 0.361 e. The number of aromatic amines is 1. The van der Waals surface area contributed by atoms with E-state index >= 15 is 0 Å². The molecule has 28 heavy (non-hydrogen) atoms. The van der Waals surface area contributed by atoms with E-state index in [4.69, 9.17) is 0 Å². The number of benzene rings is 2. The van der Waals surface area contributed by atoms with Gasteiger partial charge in [-0.1, -0.05) is 31.2 Å². The number of hydrogen-bond acceptors (Lipinski definition) is 2. The van der Waals surface area contributed by atoms with Crippen LogP contribution in [0, 0.1) is 3.57 Å². The van der Waals surface area contributed by atoms with Crippen molar-refractivity contribution in [2.45, 2.75) is 48.9 Å². The maximum Gasteiger partial charge on any atom is 0.0461 e. The summed E-state index contributed by atoms with van der Waals surface area (Å²) in [5, 5.41) is 1.34. The van der Waals surface area contributed by atoms with E-state index in [1.807, 2.05) is 11.8 Å². The zero-order valence-electron chi connectivity index (χ0n) is 16.5. The van der Waals surface area contributed by atoms with Crippen molar-refractivity contribution in [3.63, 3.8) is 0 Å². The molecule has 0 radical (unpaired) electrons. The van der Waals surface area contributed by atoms with Crippen LogP contribution in [0.3, 0.4) is 0 Å². The van der Waals surface area contributed by atoms with E-state index in [-0.39, 0.29) is 0 Å². The van der Waals surface area contributed by atoms with Crippen LogP contribution >= 0.6 is 34.4 Å². The van der Waals surface area contributed by atoms with Crippen molar-refractivity contribution in [3.05, 3.63) is 63.9 Å². The van der Waals surface area contributed by atoms with E-state index in [0.29, 0.717) is 6.04 Å². The lowest BCUT2D eigenvalue weighted by molar-refractivity contribution is 0.219. The molecule has 1 aliphatic rings. The van der Waals surface area contributed by atoms with Crippen molar-refractivity contribution in [3.8, 4) is 0 Å². The Balaban J connectivity index is 1.56. The molecule has 2 nitrogen and oxygen atoms in total. The van der Waals surface area contributed by atoms with E-state index in [9.17, 15) is 0 Å². The lowest BCUT2D eigenvalue weighted by Gasteiger charge is -2.31. The van der Waals surface area contributed by atoms with Crippen LogP contribution < -0.4 is 0 Å². The Labute approximate surface area is 185 Å². The third-order valence-electron chi connectivity index (χ3n) is 5.62. The Kier molecular flexibility index (Phi) is 6.48. The lowest BCUT2D eigenvalue weighted by Crippen LogP contribution is -2.36. The molecule has 1 aliphatic heterocycles. The highest BCUT2D eigenvalue weighted by Gasteiger charge is 2.19. The molecule has 4 rings (SSSR count). The van der Waals surface area contributed by atoms with E-state index in [0.717, 1.165) is 19.5 Å². The molecule has 0 fully saturated rings. The van der Waals surface area contributed by atoms with Crippen LogP contribution in [-0.2, 0) is 0 Å². The maximum atomic E-state index is 3.47. The summed E-state index contributed by atoms with van der Waals surface area (Å²) in [7, 11) is 0. The second-order valence-electron chi connectivity index (χ2n) is 7.58. The van der Waals surface area contributed by atoms with Crippen LogP contribution in [0.4, 0.5) is 0 Å². The molecule has 4 heteroatoms. The van der Waals surface area contributed by atoms with E-state index in [2.05, 4.69) is 101 Å². The van der Waals surface area contributed by atoms with Crippen molar-refractivity contribution >= 4 is 50.8 Å². The molecule has 0 spiro atoms. The molecule has 146 valence electrons. The van der Waals surface area contributed by atoms with E-state index in [1.54, 1.807) is 0 Å². The summed E-state index contributed by atoms with van der Waals surface area (Å²) in [6.45, 7) is 6.87. The predicted molar refractivity (Wildman–Crippen MR) is 130 cm³/mol. The molecule has 0 saturated heterocycles. The van der Waals surface area contributed by atoms with Crippen molar-refractivity contribution in [1.82, 2.24) is 9.88 Å². The molecular formula is C24H27IN2S. The third kappa shape index (κ3) is 4.50. The van der Waals surface area contributed by atoms with Crippen LogP contribution in [0.1, 0.15) is 38.7 Å². The molecule has 3 aromatic rings. The van der Waals surface area contributed by atoms with Gasteiger partial charge in [0.1, 0.15) is 0 Å². The van der Waals surface area contributed by atoms with Crippen molar-refractivity contribution in [2.24, 2.45) is 0 Å². The minimum atomic E-state index is 0.683. The fourth-order valence-corrected chi connectivity index (χ4v) is 5.21. The van der Waals surface area contributed by atoms with Gasteiger partial charge in [0.05, 0.1) is 0 Å². The summed E-state index contributed by atoms with van der Waals surface area (Å²) in [6, 6.07) is 16.2. The van der Waals surface area contributed by atoms with E-state index in [1.165, 1.54) is 48.2 Å². The van der Waals surface area contributed by atoms with Crippen molar-refractivity contribution in [1.29, 1.82) is 0 Å². The number of rotatable bonds is 6. The van der Waals surface area contributed by atoms with Gasteiger partial charge in [0.25, 0.3) is 0 Å². The molecular weight excluding hydrogens is 475 g/mol. The van der Waals surface area contributed by atoms with Crippen molar-refractivity contribution < 1.29 is 0 Å². The molecule has 2 aromatic carbocycles. The molecule has 0 amide bonds. The number of halogens is 1. The summed E-state index contributed by atoms with van der Waals surface area (Å²) in [6.07, 6.45) is 8.32. The van der Waals surface area contributed by atoms with Gasteiger partial charge in [-0.05, 0) is 90.4 Å². The Morgan fingerprint density at radius 2 is 1.93 bits per heavy atom. The summed E-state index contributed by atoms with van der Waals surface area (Å²) in [5.74, 6) is 0. The highest BCUT2D eigenvalue weighted by molar-refractivity contribution is 14.1. The molecule has 0 saturated carbocycles. The molecule has 1 N–H and O–H groups in total.